The van der Waals surface area contributed by atoms with Crippen LogP contribution < -0.4 is 4.90 Å². The van der Waals surface area contributed by atoms with Crippen LogP contribution in [-0.4, -0.2) is 18.0 Å². The number of benzene rings is 1. The Morgan fingerprint density at radius 3 is 2.85 bits per heavy atom. The number of aliphatic imine (C=N–C) groups is 1. The van der Waals surface area contributed by atoms with Crippen LogP contribution in [-0.2, 0) is 0 Å². The van der Waals surface area contributed by atoms with Gasteiger partial charge in [0.25, 0.3) is 0 Å². The smallest absolute Gasteiger partial charge is 0.139 e. The van der Waals surface area contributed by atoms with Gasteiger partial charge in [-0.1, -0.05) is 12.1 Å². The summed E-state index contributed by atoms with van der Waals surface area (Å²) in [5.41, 5.74) is 0.788. The van der Waals surface area contributed by atoms with Crippen molar-refractivity contribution in [3.8, 4) is 5.75 Å². The monoisotopic (exact) mass is 174 g/mol. The Labute approximate surface area is 76.6 Å². The molecule has 1 aliphatic heterocycles. The predicted octanol–water partition coefficient (Wildman–Crippen LogP) is 1.75. The molecule has 0 atom stereocenters. The number of phenolic OH excluding ortho intramolecular Hbond substituents is 1. The number of hydrogen-bond donors (Lipinski definition) is 1. The Hall–Kier alpha value is -1.77. The van der Waals surface area contributed by atoms with Crippen LogP contribution in [0.5, 0.6) is 5.75 Å². The number of para-hydroxylation sites is 2. The van der Waals surface area contributed by atoms with Gasteiger partial charge in [0.2, 0.25) is 0 Å². The highest BCUT2D eigenvalue weighted by molar-refractivity contribution is 5.83. The van der Waals surface area contributed by atoms with E-state index in [1.54, 1.807) is 24.7 Å². The van der Waals surface area contributed by atoms with E-state index in [4.69, 9.17) is 0 Å². The summed E-state index contributed by atoms with van der Waals surface area (Å²) < 4.78 is 0. The first-order valence-corrected chi connectivity index (χ1v) is 4.11. The van der Waals surface area contributed by atoms with Crippen molar-refractivity contribution < 1.29 is 5.11 Å². The fourth-order valence-corrected chi connectivity index (χ4v) is 1.26. The number of anilines is 1. The van der Waals surface area contributed by atoms with E-state index in [-0.39, 0.29) is 5.75 Å². The number of rotatable bonds is 1. The Kier molecular flexibility index (Phi) is 2.00. The molecular formula is C10H10N2O. The molecule has 0 saturated carbocycles. The highest BCUT2D eigenvalue weighted by Crippen LogP contribution is 2.25. The summed E-state index contributed by atoms with van der Waals surface area (Å²) in [6.07, 6.45) is 5.39. The predicted molar refractivity (Wildman–Crippen MR) is 53.1 cm³/mol. The van der Waals surface area contributed by atoms with E-state index in [0.717, 1.165) is 12.2 Å². The average Bonchev–Trinajstić information content (AvgIpc) is 2.20. The van der Waals surface area contributed by atoms with Crippen molar-refractivity contribution in [1.82, 2.24) is 0 Å². The Morgan fingerprint density at radius 1 is 1.31 bits per heavy atom. The summed E-state index contributed by atoms with van der Waals surface area (Å²) in [5, 5.41) is 9.54. The summed E-state index contributed by atoms with van der Waals surface area (Å²) in [4.78, 5) is 5.87. The maximum atomic E-state index is 9.54. The summed E-state index contributed by atoms with van der Waals surface area (Å²) in [6.45, 7) is 0.751. The van der Waals surface area contributed by atoms with Crippen LogP contribution in [0, 0.1) is 0 Å². The molecule has 0 bridgehead atoms. The van der Waals surface area contributed by atoms with Gasteiger partial charge in [-0.15, -0.1) is 0 Å². The zero-order chi connectivity index (χ0) is 9.10. The lowest BCUT2D eigenvalue weighted by atomic mass is 10.2. The highest BCUT2D eigenvalue weighted by Gasteiger charge is 2.07. The topological polar surface area (TPSA) is 35.8 Å². The molecular weight excluding hydrogens is 164 g/mol. The van der Waals surface area contributed by atoms with Crippen LogP contribution in [0.25, 0.3) is 0 Å². The van der Waals surface area contributed by atoms with Gasteiger partial charge in [-0.25, -0.2) is 4.99 Å². The largest absolute Gasteiger partial charge is 0.506 e. The van der Waals surface area contributed by atoms with Crippen LogP contribution in [0.1, 0.15) is 0 Å². The molecule has 0 saturated heterocycles. The molecule has 0 unspecified atom stereocenters. The van der Waals surface area contributed by atoms with E-state index < -0.39 is 0 Å². The molecule has 0 spiro atoms. The van der Waals surface area contributed by atoms with E-state index in [2.05, 4.69) is 4.99 Å². The summed E-state index contributed by atoms with van der Waals surface area (Å²) in [7, 11) is 0. The normalized spacial score (nSPS) is 14.9. The van der Waals surface area contributed by atoms with Crippen LogP contribution in [0.4, 0.5) is 5.69 Å². The third-order valence-electron chi connectivity index (χ3n) is 1.89. The lowest BCUT2D eigenvalue weighted by molar-refractivity contribution is 0.476. The molecule has 1 aromatic carbocycles. The molecule has 1 heterocycles. The highest BCUT2D eigenvalue weighted by atomic mass is 16.3. The minimum atomic E-state index is 0.282. The lowest BCUT2D eigenvalue weighted by Gasteiger charge is -2.20. The Balaban J connectivity index is 2.30. The first-order chi connectivity index (χ1) is 6.38. The third-order valence-corrected chi connectivity index (χ3v) is 1.89. The first kappa shape index (κ1) is 7.86. The van der Waals surface area contributed by atoms with Crippen LogP contribution >= 0.6 is 0 Å². The van der Waals surface area contributed by atoms with Gasteiger partial charge in [-0.2, -0.15) is 0 Å². The minimum Gasteiger partial charge on any atom is -0.506 e. The molecule has 0 fully saturated rings. The maximum Gasteiger partial charge on any atom is 0.139 e. The number of nitrogens with zero attached hydrogens (tertiary/aromatic N) is 2. The van der Waals surface area contributed by atoms with E-state index >= 15 is 0 Å². The van der Waals surface area contributed by atoms with E-state index in [9.17, 15) is 5.11 Å². The Morgan fingerprint density at radius 2 is 2.15 bits per heavy atom. The number of phenols is 1. The van der Waals surface area contributed by atoms with E-state index in [0.29, 0.717) is 0 Å². The molecule has 13 heavy (non-hydrogen) atoms. The molecule has 3 nitrogen and oxygen atoms in total. The van der Waals surface area contributed by atoms with Crippen LogP contribution in [0.3, 0.4) is 0 Å². The zero-order valence-electron chi connectivity index (χ0n) is 7.09. The van der Waals surface area contributed by atoms with Gasteiger partial charge in [0.1, 0.15) is 5.75 Å². The first-order valence-electron chi connectivity index (χ1n) is 4.11. The quantitative estimate of drug-likeness (QED) is 0.704. The second kappa shape index (κ2) is 3.31. The Bertz CT molecular complexity index is 358. The van der Waals surface area contributed by atoms with Crippen molar-refractivity contribution in [3.05, 3.63) is 36.5 Å². The molecule has 2 rings (SSSR count). The van der Waals surface area contributed by atoms with Gasteiger partial charge in [-0.05, 0) is 18.2 Å². The van der Waals surface area contributed by atoms with Crippen molar-refractivity contribution in [2.45, 2.75) is 0 Å². The van der Waals surface area contributed by atoms with Crippen molar-refractivity contribution in [2.24, 2.45) is 4.99 Å². The van der Waals surface area contributed by atoms with E-state index in [1.807, 2.05) is 23.1 Å². The molecule has 0 amide bonds. The van der Waals surface area contributed by atoms with Gasteiger partial charge < -0.3 is 10.0 Å². The standard InChI is InChI=1S/C10H10N2O/c13-10-5-2-1-4-9(10)12-7-3-6-11-8-12/h1-6,8,13H,7H2. The molecule has 3 heteroatoms. The molecule has 66 valence electrons. The number of hydrogen-bond acceptors (Lipinski definition) is 3. The molecule has 0 radical (unpaired) electrons. The van der Waals surface area contributed by atoms with Gasteiger partial charge >= 0.3 is 0 Å². The minimum absolute atomic E-state index is 0.282. The van der Waals surface area contributed by atoms with Gasteiger partial charge in [-0.3, -0.25) is 0 Å². The molecule has 0 aromatic heterocycles. The molecule has 1 aromatic rings. The van der Waals surface area contributed by atoms with Gasteiger partial charge in [0.05, 0.1) is 12.0 Å². The van der Waals surface area contributed by atoms with Crippen molar-refractivity contribution in [1.29, 1.82) is 0 Å². The van der Waals surface area contributed by atoms with Crippen LogP contribution in [0.15, 0.2) is 41.5 Å². The second-order valence-corrected chi connectivity index (χ2v) is 2.79. The summed E-state index contributed by atoms with van der Waals surface area (Å²) in [5.74, 6) is 0.282. The summed E-state index contributed by atoms with van der Waals surface area (Å²) in [6, 6.07) is 7.22. The maximum absolute atomic E-state index is 9.54. The van der Waals surface area contributed by atoms with Crippen molar-refractivity contribution in [2.75, 3.05) is 11.4 Å². The zero-order valence-corrected chi connectivity index (χ0v) is 7.09. The molecule has 1 N–H and O–H groups in total. The average molecular weight is 174 g/mol. The fraction of sp³-hybridized carbons (Fsp3) is 0.100. The van der Waals surface area contributed by atoms with Crippen molar-refractivity contribution >= 4 is 12.0 Å². The number of aromatic hydroxyl groups is 1. The molecule has 0 aliphatic carbocycles. The van der Waals surface area contributed by atoms with Crippen LogP contribution in [0.2, 0.25) is 0 Å². The SMILES string of the molecule is Oc1ccccc1N1C=NC=CC1. The van der Waals surface area contributed by atoms with Gasteiger partial charge in [0, 0.05) is 12.7 Å². The lowest BCUT2D eigenvalue weighted by Crippen LogP contribution is -2.22. The second-order valence-electron chi connectivity index (χ2n) is 2.79. The fourth-order valence-electron chi connectivity index (χ4n) is 1.26. The summed E-state index contributed by atoms with van der Waals surface area (Å²) >= 11 is 0. The molecule has 1 aliphatic rings. The van der Waals surface area contributed by atoms with Crippen molar-refractivity contribution in [3.63, 3.8) is 0 Å². The third kappa shape index (κ3) is 1.54. The van der Waals surface area contributed by atoms with E-state index in [1.165, 1.54) is 0 Å². The van der Waals surface area contributed by atoms with Gasteiger partial charge in [0.15, 0.2) is 0 Å².